The minimum Gasteiger partial charge on any atom is -0.444 e. The lowest BCUT2D eigenvalue weighted by Crippen LogP contribution is -2.49. The lowest BCUT2D eigenvalue weighted by atomic mass is 10.0. The van der Waals surface area contributed by atoms with Crippen molar-refractivity contribution < 1.29 is 14.3 Å². The van der Waals surface area contributed by atoms with Gasteiger partial charge in [-0.2, -0.15) is 0 Å². The van der Waals surface area contributed by atoms with E-state index in [0.29, 0.717) is 13.3 Å². The standard InChI is InChI=1S/C27H40N6O3Si/c1-27(2,3)36-26(34)31-21-8-7-11-32(16-21)23-9-10-30-25-24(23)22(20-14-28-18-29-15-20)17-33(25)19-35-12-13-37(4,5)6/h9-10,14-15,17-18,21H,7-8,11-13,16,19H2,1-6H3,(H,31,34). The molecule has 1 N–H and O–H groups in total. The van der Waals surface area contributed by atoms with Crippen LogP contribution in [0, 0.1) is 0 Å². The van der Waals surface area contributed by atoms with Gasteiger partial charge >= 0.3 is 6.09 Å². The first-order valence-electron chi connectivity index (χ1n) is 13.1. The Morgan fingerprint density at radius 2 is 1.97 bits per heavy atom. The second-order valence-corrected chi connectivity index (χ2v) is 17.6. The molecule has 10 heteroatoms. The van der Waals surface area contributed by atoms with Gasteiger partial charge in [-0.15, -0.1) is 0 Å². The number of hydrogen-bond acceptors (Lipinski definition) is 7. The Labute approximate surface area is 220 Å². The van der Waals surface area contributed by atoms with Gasteiger partial charge in [-0.3, -0.25) is 0 Å². The van der Waals surface area contributed by atoms with E-state index in [1.807, 2.05) is 39.4 Å². The summed E-state index contributed by atoms with van der Waals surface area (Å²) in [7, 11) is -1.17. The number of carbonyl (C=O) groups excluding carboxylic acids is 1. The summed E-state index contributed by atoms with van der Waals surface area (Å²) in [6.45, 7) is 15.5. The Morgan fingerprint density at radius 1 is 1.22 bits per heavy atom. The van der Waals surface area contributed by atoms with E-state index in [1.54, 1.807) is 6.33 Å². The van der Waals surface area contributed by atoms with E-state index in [4.69, 9.17) is 14.5 Å². The molecule has 0 spiro atoms. The molecule has 0 radical (unpaired) electrons. The van der Waals surface area contributed by atoms with Gasteiger partial charge in [0.05, 0.1) is 11.1 Å². The van der Waals surface area contributed by atoms with E-state index in [9.17, 15) is 4.79 Å². The molecule has 0 aliphatic carbocycles. The molecule has 3 aromatic heterocycles. The first-order valence-corrected chi connectivity index (χ1v) is 16.8. The number of nitrogens with one attached hydrogen (secondary N) is 1. The van der Waals surface area contributed by atoms with Gasteiger partial charge in [-0.1, -0.05) is 19.6 Å². The van der Waals surface area contributed by atoms with Crippen molar-refractivity contribution in [3.63, 3.8) is 0 Å². The average Bonchev–Trinajstić information content (AvgIpc) is 3.19. The van der Waals surface area contributed by atoms with Crippen LogP contribution >= 0.6 is 0 Å². The molecule has 1 fully saturated rings. The number of fused-ring (bicyclic) bond motifs is 1. The Bertz CT molecular complexity index is 1200. The highest BCUT2D eigenvalue weighted by Gasteiger charge is 2.27. The van der Waals surface area contributed by atoms with Gasteiger partial charge in [-0.25, -0.2) is 19.7 Å². The Balaban J connectivity index is 1.62. The van der Waals surface area contributed by atoms with Crippen molar-refractivity contribution in [3.8, 4) is 11.1 Å². The molecular weight excluding hydrogens is 484 g/mol. The van der Waals surface area contributed by atoms with Crippen LogP contribution in [0.3, 0.4) is 0 Å². The molecule has 3 aromatic rings. The van der Waals surface area contributed by atoms with Gasteiger partial charge in [0.15, 0.2) is 0 Å². The van der Waals surface area contributed by atoms with Gasteiger partial charge in [0.25, 0.3) is 0 Å². The molecule has 0 aromatic carbocycles. The number of aromatic nitrogens is 4. The van der Waals surface area contributed by atoms with Gasteiger partial charge in [-0.05, 0) is 45.7 Å². The number of carbonyl (C=O) groups is 1. The quantitative estimate of drug-likeness (QED) is 0.316. The minimum absolute atomic E-state index is 0.00214. The average molecular weight is 525 g/mol. The summed E-state index contributed by atoms with van der Waals surface area (Å²) < 4.78 is 13.7. The van der Waals surface area contributed by atoms with Crippen LogP contribution in [-0.2, 0) is 16.2 Å². The van der Waals surface area contributed by atoms with Gasteiger partial charge in [0.1, 0.15) is 24.3 Å². The zero-order valence-electron chi connectivity index (χ0n) is 23.0. The third kappa shape index (κ3) is 7.29. The second-order valence-electron chi connectivity index (χ2n) is 11.9. The fourth-order valence-electron chi connectivity index (χ4n) is 4.55. The fourth-order valence-corrected chi connectivity index (χ4v) is 5.30. The molecule has 1 unspecified atom stereocenters. The van der Waals surface area contributed by atoms with Crippen LogP contribution in [0.15, 0.2) is 37.2 Å². The maximum Gasteiger partial charge on any atom is 0.407 e. The zero-order chi connectivity index (χ0) is 26.6. The van der Waals surface area contributed by atoms with E-state index in [1.165, 1.54) is 0 Å². The first kappa shape index (κ1) is 27.1. The number of hydrogen-bond donors (Lipinski definition) is 1. The molecule has 1 amide bonds. The van der Waals surface area contributed by atoms with Crippen molar-refractivity contribution in [1.82, 2.24) is 24.8 Å². The number of nitrogens with zero attached hydrogens (tertiary/aromatic N) is 5. The van der Waals surface area contributed by atoms with E-state index in [-0.39, 0.29) is 12.1 Å². The van der Waals surface area contributed by atoms with Crippen LogP contribution in [0.5, 0.6) is 0 Å². The summed E-state index contributed by atoms with van der Waals surface area (Å²) in [5, 5.41) is 4.11. The molecule has 0 bridgehead atoms. The normalized spacial score (nSPS) is 16.7. The van der Waals surface area contributed by atoms with Crippen LogP contribution < -0.4 is 10.2 Å². The number of anilines is 1. The molecule has 0 saturated carbocycles. The van der Waals surface area contributed by atoms with Crippen molar-refractivity contribution >= 4 is 30.9 Å². The summed E-state index contributed by atoms with van der Waals surface area (Å²) in [4.78, 5) is 28.0. The van der Waals surface area contributed by atoms with Gasteiger partial charge in [0, 0.05) is 69.7 Å². The van der Waals surface area contributed by atoms with Crippen molar-refractivity contribution in [2.24, 2.45) is 0 Å². The van der Waals surface area contributed by atoms with E-state index in [2.05, 4.69) is 56.7 Å². The molecule has 4 rings (SSSR count). The largest absolute Gasteiger partial charge is 0.444 e. The number of piperidine rings is 1. The highest BCUT2D eigenvalue weighted by atomic mass is 28.3. The number of pyridine rings is 1. The molecule has 37 heavy (non-hydrogen) atoms. The summed E-state index contributed by atoms with van der Waals surface area (Å²) in [6.07, 6.45) is 10.7. The predicted octanol–water partition coefficient (Wildman–Crippen LogP) is 5.30. The van der Waals surface area contributed by atoms with Crippen LogP contribution in [0.4, 0.5) is 10.5 Å². The Kier molecular flexibility index (Phi) is 8.18. The summed E-state index contributed by atoms with van der Waals surface area (Å²) in [5.41, 5.74) is 3.38. The van der Waals surface area contributed by atoms with E-state index in [0.717, 1.165) is 59.9 Å². The van der Waals surface area contributed by atoms with Crippen molar-refractivity contribution in [2.45, 2.75) is 77.7 Å². The molecule has 9 nitrogen and oxygen atoms in total. The third-order valence-corrected chi connectivity index (χ3v) is 8.02. The molecular formula is C27H40N6O3Si. The zero-order valence-corrected chi connectivity index (χ0v) is 24.0. The minimum atomic E-state index is -1.17. The molecule has 1 aliphatic heterocycles. The number of alkyl carbamates (subject to hydrolysis) is 1. The van der Waals surface area contributed by atoms with Crippen LogP contribution in [0.2, 0.25) is 25.7 Å². The highest BCUT2D eigenvalue weighted by Crippen LogP contribution is 2.37. The maximum atomic E-state index is 12.4. The molecule has 1 atom stereocenters. The number of ether oxygens (including phenoxy) is 2. The van der Waals surface area contributed by atoms with Crippen molar-refractivity contribution in [3.05, 3.63) is 37.2 Å². The van der Waals surface area contributed by atoms with Crippen LogP contribution in [0.25, 0.3) is 22.2 Å². The fraction of sp³-hybridized carbons (Fsp3) is 0.556. The number of amides is 1. The van der Waals surface area contributed by atoms with Gasteiger partial charge in [0.2, 0.25) is 0 Å². The first-order chi connectivity index (χ1) is 17.5. The van der Waals surface area contributed by atoms with E-state index >= 15 is 0 Å². The smallest absolute Gasteiger partial charge is 0.407 e. The van der Waals surface area contributed by atoms with Crippen molar-refractivity contribution in [1.29, 1.82) is 0 Å². The monoisotopic (exact) mass is 524 g/mol. The van der Waals surface area contributed by atoms with Crippen LogP contribution in [-0.4, -0.2) is 65.0 Å². The Hall–Kier alpha value is -2.98. The SMILES string of the molecule is CC(C)(C)OC(=O)NC1CCCN(c2ccnc3c2c(-c2cncnc2)cn3COCC[Si](C)(C)C)C1. The predicted molar refractivity (Wildman–Crippen MR) is 149 cm³/mol. The lowest BCUT2D eigenvalue weighted by Gasteiger charge is -2.35. The number of rotatable bonds is 8. The molecule has 4 heterocycles. The highest BCUT2D eigenvalue weighted by molar-refractivity contribution is 6.76. The lowest BCUT2D eigenvalue weighted by molar-refractivity contribution is 0.0500. The molecule has 200 valence electrons. The van der Waals surface area contributed by atoms with E-state index < -0.39 is 13.7 Å². The van der Waals surface area contributed by atoms with Crippen molar-refractivity contribution in [2.75, 3.05) is 24.6 Å². The Morgan fingerprint density at radius 3 is 2.68 bits per heavy atom. The second kappa shape index (κ2) is 11.2. The third-order valence-electron chi connectivity index (χ3n) is 6.32. The van der Waals surface area contributed by atoms with Crippen LogP contribution in [0.1, 0.15) is 33.6 Å². The molecule has 1 saturated heterocycles. The summed E-state index contributed by atoms with van der Waals surface area (Å²) in [6, 6.07) is 3.17. The summed E-state index contributed by atoms with van der Waals surface area (Å²) in [5.74, 6) is 0. The van der Waals surface area contributed by atoms with Gasteiger partial charge < -0.3 is 24.3 Å². The summed E-state index contributed by atoms with van der Waals surface area (Å²) >= 11 is 0. The maximum absolute atomic E-state index is 12.4. The molecule has 1 aliphatic rings. The topological polar surface area (TPSA) is 94.4 Å².